The normalized spacial score (nSPS) is 6.55. The molecule has 0 aliphatic carbocycles. The molecule has 0 spiro atoms. The maximum Gasteiger partial charge on any atom is 1.00 e. The fraction of sp³-hybridized carbons (Fsp3) is 0.750. The molecule has 0 aromatic rings. The minimum Gasteiger partial charge on any atom is -0.412 e. The quantitative estimate of drug-likeness (QED) is 0.247. The monoisotopic (exact) mass is 146 g/mol. The van der Waals surface area contributed by atoms with Crippen LogP contribution in [0.25, 0.3) is 0 Å². The van der Waals surface area contributed by atoms with Crippen LogP contribution >= 0.6 is 0 Å². The van der Waals surface area contributed by atoms with Crippen LogP contribution < -0.4 is 37.7 Å². The Bertz CT molecular complexity index is 27.6. The van der Waals surface area contributed by atoms with Gasteiger partial charge in [-0.2, -0.15) is 11.8 Å². The molecule has 0 radical (unpaired) electrons. The Morgan fingerprint density at radius 2 is 0.727 bits per heavy atom. The molecule has 0 unspecified atom stereocenters. The third-order valence-corrected chi connectivity index (χ3v) is 0. The molecule has 0 atom stereocenters. The molecule has 0 aliphatic heterocycles. The van der Waals surface area contributed by atoms with Crippen LogP contribution in [0.1, 0.15) is 27.7 Å². The molecular formula is C8H20Li2O. The molecule has 0 heterocycles. The van der Waals surface area contributed by atoms with Crippen molar-refractivity contribution in [3.8, 4) is 0 Å². The molecule has 0 fully saturated rings. The number of hydrogen-bond acceptors (Lipinski definition) is 0. The van der Waals surface area contributed by atoms with E-state index in [0.29, 0.717) is 11.8 Å². The summed E-state index contributed by atoms with van der Waals surface area (Å²) in [6.07, 6.45) is 0. The summed E-state index contributed by atoms with van der Waals surface area (Å²) in [6.45, 7) is 15.5. The van der Waals surface area contributed by atoms with Crippen molar-refractivity contribution in [1.29, 1.82) is 0 Å². The van der Waals surface area contributed by atoms with Gasteiger partial charge in [-0.05, 0) is 0 Å². The second-order valence-corrected chi connectivity index (χ2v) is 2.79. The van der Waals surface area contributed by atoms with Crippen LogP contribution in [0.5, 0.6) is 0 Å². The van der Waals surface area contributed by atoms with E-state index in [1.54, 1.807) is 0 Å². The first-order valence-electron chi connectivity index (χ1n) is 3.13. The summed E-state index contributed by atoms with van der Waals surface area (Å²) in [4.78, 5) is 0. The van der Waals surface area contributed by atoms with Crippen molar-refractivity contribution < 1.29 is 43.2 Å². The zero-order chi connectivity index (χ0) is 7.15. The fourth-order valence-electron chi connectivity index (χ4n) is 0. The van der Waals surface area contributed by atoms with Gasteiger partial charge < -0.3 is 19.3 Å². The van der Waals surface area contributed by atoms with E-state index in [1.807, 2.05) is 0 Å². The van der Waals surface area contributed by atoms with Gasteiger partial charge in [0.1, 0.15) is 0 Å². The largest absolute Gasteiger partial charge is 1.00 e. The van der Waals surface area contributed by atoms with Crippen LogP contribution in [0.4, 0.5) is 0 Å². The van der Waals surface area contributed by atoms with Gasteiger partial charge in [0, 0.05) is 0 Å². The Kier molecular flexibility index (Phi) is 60.4. The molecule has 0 saturated carbocycles. The van der Waals surface area contributed by atoms with Gasteiger partial charge in [-0.25, -0.2) is 0 Å². The summed E-state index contributed by atoms with van der Waals surface area (Å²) in [5.74, 6) is 1.17. The Labute approximate surface area is 96.4 Å². The molecule has 11 heavy (non-hydrogen) atoms. The van der Waals surface area contributed by atoms with Gasteiger partial charge in [0.15, 0.2) is 0 Å². The molecular weight excluding hydrogens is 126 g/mol. The van der Waals surface area contributed by atoms with Crippen molar-refractivity contribution in [2.75, 3.05) is 0 Å². The average molecular weight is 146 g/mol. The zero-order valence-corrected chi connectivity index (χ0v) is 9.07. The molecule has 2 N–H and O–H groups in total. The van der Waals surface area contributed by atoms with E-state index in [-0.39, 0.29) is 43.2 Å². The van der Waals surface area contributed by atoms with Crippen molar-refractivity contribution in [2.24, 2.45) is 11.8 Å². The van der Waals surface area contributed by atoms with Crippen LogP contribution in [-0.4, -0.2) is 5.48 Å². The molecule has 0 rings (SSSR count). The molecule has 3 heteroatoms. The minimum absolute atomic E-state index is 0. The van der Waals surface area contributed by atoms with Crippen molar-refractivity contribution in [1.82, 2.24) is 0 Å². The predicted octanol–water partition coefficient (Wildman–Crippen LogP) is -3.86. The summed E-state index contributed by atoms with van der Waals surface area (Å²) in [7, 11) is 0. The number of rotatable bonds is 0. The summed E-state index contributed by atoms with van der Waals surface area (Å²) in [6, 6.07) is 0. The first-order valence-corrected chi connectivity index (χ1v) is 3.13. The maximum absolute atomic E-state index is 3.64. The van der Waals surface area contributed by atoms with Crippen molar-refractivity contribution in [2.45, 2.75) is 27.7 Å². The first-order chi connectivity index (χ1) is 3.46. The van der Waals surface area contributed by atoms with Gasteiger partial charge in [0.05, 0.1) is 0 Å². The second kappa shape index (κ2) is 22.5. The van der Waals surface area contributed by atoms with Crippen LogP contribution in [0.3, 0.4) is 0 Å². The van der Waals surface area contributed by atoms with E-state index >= 15 is 0 Å². The summed E-state index contributed by atoms with van der Waals surface area (Å²) < 4.78 is 0. The number of hydrogen-bond donors (Lipinski definition) is 0. The Hall–Kier alpha value is 1.15. The summed E-state index contributed by atoms with van der Waals surface area (Å²) in [5.41, 5.74) is 0. The average Bonchev–Trinajstić information content (AvgIpc) is 1.25. The van der Waals surface area contributed by atoms with E-state index < -0.39 is 0 Å². The molecule has 0 bridgehead atoms. The molecule has 60 valence electrons. The summed E-state index contributed by atoms with van der Waals surface area (Å²) >= 11 is 0. The van der Waals surface area contributed by atoms with Gasteiger partial charge >= 0.3 is 37.7 Å². The smallest absolute Gasteiger partial charge is 0.412 e. The van der Waals surface area contributed by atoms with E-state index in [1.165, 1.54) is 0 Å². The minimum atomic E-state index is 0. The van der Waals surface area contributed by atoms with Gasteiger partial charge in [0.25, 0.3) is 0 Å². The first kappa shape index (κ1) is 29.5. The SMILES string of the molecule is O.[CH2-]C(C)C.[CH2-]C(C)C.[Li+].[Li+]. The van der Waals surface area contributed by atoms with Crippen molar-refractivity contribution in [3.63, 3.8) is 0 Å². The Morgan fingerprint density at radius 1 is 0.727 bits per heavy atom. The van der Waals surface area contributed by atoms with E-state index in [0.717, 1.165) is 0 Å². The van der Waals surface area contributed by atoms with Crippen LogP contribution in [-0.2, 0) is 0 Å². The molecule has 0 saturated heterocycles. The summed E-state index contributed by atoms with van der Waals surface area (Å²) in [5, 5.41) is 0. The molecule has 1 nitrogen and oxygen atoms in total. The molecule has 0 amide bonds. The topological polar surface area (TPSA) is 31.5 Å². The standard InChI is InChI=1S/2C4H9.2Li.H2O/c2*1-4(2)3;;;/h2*4H,1H2,2-3H3;;;1H2/q2*-1;2*+1;. The van der Waals surface area contributed by atoms with Crippen LogP contribution in [0, 0.1) is 25.7 Å². The van der Waals surface area contributed by atoms with Crippen molar-refractivity contribution >= 4 is 0 Å². The Morgan fingerprint density at radius 3 is 0.727 bits per heavy atom. The van der Waals surface area contributed by atoms with Crippen LogP contribution in [0.2, 0.25) is 0 Å². The third-order valence-electron chi connectivity index (χ3n) is 0. The second-order valence-electron chi connectivity index (χ2n) is 2.79. The van der Waals surface area contributed by atoms with E-state index in [9.17, 15) is 0 Å². The van der Waals surface area contributed by atoms with Gasteiger partial charge in [0.2, 0.25) is 0 Å². The van der Waals surface area contributed by atoms with Crippen molar-refractivity contribution in [3.05, 3.63) is 13.8 Å². The zero-order valence-electron chi connectivity index (χ0n) is 9.07. The van der Waals surface area contributed by atoms with E-state index in [2.05, 4.69) is 41.5 Å². The molecule has 0 aliphatic rings. The van der Waals surface area contributed by atoms with Gasteiger partial charge in [-0.15, -0.1) is 0 Å². The van der Waals surface area contributed by atoms with Gasteiger partial charge in [-0.3, -0.25) is 0 Å². The molecule has 0 aromatic heterocycles. The van der Waals surface area contributed by atoms with Crippen LogP contribution in [0.15, 0.2) is 0 Å². The third kappa shape index (κ3) is 701. The predicted molar refractivity (Wildman–Crippen MR) is 44.0 cm³/mol. The molecule has 0 aromatic carbocycles. The maximum atomic E-state index is 3.64. The fourth-order valence-corrected chi connectivity index (χ4v) is 0. The van der Waals surface area contributed by atoms with E-state index in [4.69, 9.17) is 0 Å². The Balaban J connectivity index is -0.0000000171. The van der Waals surface area contributed by atoms with Gasteiger partial charge in [-0.1, -0.05) is 27.7 Å².